The molecule has 0 radical (unpaired) electrons. The van der Waals surface area contributed by atoms with Gasteiger partial charge in [0.15, 0.2) is 0 Å². The highest BCUT2D eigenvalue weighted by Crippen LogP contribution is 2.19. The first-order chi connectivity index (χ1) is 9.69. The van der Waals surface area contributed by atoms with Crippen LogP contribution in [-0.2, 0) is 11.3 Å². The molecule has 20 heavy (non-hydrogen) atoms. The predicted octanol–water partition coefficient (Wildman–Crippen LogP) is 1.98. The van der Waals surface area contributed by atoms with Crippen LogP contribution in [0, 0.1) is 0 Å². The highest BCUT2D eigenvalue weighted by molar-refractivity contribution is 5.37. The summed E-state index contributed by atoms with van der Waals surface area (Å²) in [5.41, 5.74) is 0.995. The van der Waals surface area contributed by atoms with E-state index in [0.29, 0.717) is 12.1 Å². The summed E-state index contributed by atoms with van der Waals surface area (Å²) >= 11 is 0. The molecule has 1 aliphatic rings. The van der Waals surface area contributed by atoms with Crippen LogP contribution < -0.4 is 10.2 Å². The maximum absolute atomic E-state index is 5.74. The molecule has 2 rings (SSSR count). The van der Waals surface area contributed by atoms with Crippen LogP contribution in [0.5, 0.6) is 0 Å². The van der Waals surface area contributed by atoms with Gasteiger partial charge in [0.1, 0.15) is 5.82 Å². The highest BCUT2D eigenvalue weighted by atomic mass is 16.5. The van der Waals surface area contributed by atoms with Crippen LogP contribution in [0.1, 0.15) is 39.3 Å². The lowest BCUT2D eigenvalue weighted by Crippen LogP contribution is -2.40. The van der Waals surface area contributed by atoms with E-state index in [-0.39, 0.29) is 0 Å². The Balaban J connectivity index is 1.98. The van der Waals surface area contributed by atoms with Crippen molar-refractivity contribution >= 4 is 5.82 Å². The van der Waals surface area contributed by atoms with Crippen LogP contribution in [0.15, 0.2) is 12.4 Å². The summed E-state index contributed by atoms with van der Waals surface area (Å²) in [4.78, 5) is 11.3. The first kappa shape index (κ1) is 15.2. The summed E-state index contributed by atoms with van der Waals surface area (Å²) in [6.07, 6.45) is 6.32. The fourth-order valence-electron chi connectivity index (χ4n) is 2.46. The van der Waals surface area contributed by atoms with Gasteiger partial charge in [-0.25, -0.2) is 4.98 Å². The zero-order chi connectivity index (χ0) is 14.4. The lowest BCUT2D eigenvalue weighted by molar-refractivity contribution is 0.0525. The number of rotatable bonds is 6. The van der Waals surface area contributed by atoms with Gasteiger partial charge in [0, 0.05) is 38.5 Å². The summed E-state index contributed by atoms with van der Waals surface area (Å²) in [5.74, 6) is 0.970. The number of ether oxygens (including phenoxy) is 1. The smallest absolute Gasteiger partial charge is 0.147 e. The van der Waals surface area contributed by atoms with Crippen molar-refractivity contribution in [2.75, 3.05) is 24.6 Å². The normalized spacial score (nSPS) is 19.6. The minimum absolute atomic E-state index is 0.327. The van der Waals surface area contributed by atoms with Gasteiger partial charge in [-0.1, -0.05) is 13.8 Å². The largest absolute Gasteiger partial charge is 0.377 e. The fourth-order valence-corrected chi connectivity index (χ4v) is 2.46. The third kappa shape index (κ3) is 4.42. The van der Waals surface area contributed by atoms with Gasteiger partial charge >= 0.3 is 0 Å². The van der Waals surface area contributed by atoms with Crippen LogP contribution in [0.2, 0.25) is 0 Å². The molecule has 0 saturated carbocycles. The molecular formula is C15H26N4O. The number of nitrogens with one attached hydrogen (secondary N) is 1. The molecule has 0 aliphatic carbocycles. The Morgan fingerprint density at radius 3 is 3.05 bits per heavy atom. The molecular weight excluding hydrogens is 252 g/mol. The van der Waals surface area contributed by atoms with Crippen LogP contribution in [0.4, 0.5) is 5.82 Å². The standard InChI is InChI=1S/C15H26N4O/c1-4-20-14-6-5-7-19(11-14)15-10-16-8-13(18-15)9-17-12(2)3/h8,10,12,14,17H,4-7,9,11H2,1-3H3. The van der Waals surface area contributed by atoms with Crippen molar-refractivity contribution in [1.82, 2.24) is 15.3 Å². The zero-order valence-corrected chi connectivity index (χ0v) is 12.8. The molecule has 0 bridgehead atoms. The number of anilines is 1. The van der Waals surface area contributed by atoms with Crippen molar-refractivity contribution < 1.29 is 4.74 Å². The zero-order valence-electron chi connectivity index (χ0n) is 12.8. The summed E-state index contributed by atoms with van der Waals surface area (Å²) in [5, 5.41) is 3.38. The predicted molar refractivity (Wildman–Crippen MR) is 80.9 cm³/mol. The lowest BCUT2D eigenvalue weighted by atomic mass is 10.1. The van der Waals surface area contributed by atoms with Gasteiger partial charge in [0.25, 0.3) is 0 Å². The highest BCUT2D eigenvalue weighted by Gasteiger charge is 2.21. The Bertz CT molecular complexity index is 409. The Morgan fingerprint density at radius 1 is 1.45 bits per heavy atom. The van der Waals surface area contributed by atoms with E-state index in [4.69, 9.17) is 9.72 Å². The number of hydrogen-bond donors (Lipinski definition) is 1. The lowest BCUT2D eigenvalue weighted by Gasteiger charge is -2.33. The van der Waals surface area contributed by atoms with Crippen LogP contribution in [-0.4, -0.2) is 41.8 Å². The van der Waals surface area contributed by atoms with Crippen molar-refractivity contribution in [3.05, 3.63) is 18.1 Å². The summed E-state index contributed by atoms with van der Waals surface area (Å²) in [7, 11) is 0. The second kappa shape index (κ2) is 7.55. The maximum Gasteiger partial charge on any atom is 0.147 e. The molecule has 112 valence electrons. The molecule has 1 N–H and O–H groups in total. The monoisotopic (exact) mass is 278 g/mol. The van der Waals surface area contributed by atoms with Crippen molar-refractivity contribution in [1.29, 1.82) is 0 Å². The molecule has 0 amide bonds. The molecule has 1 aromatic heterocycles. The fraction of sp³-hybridized carbons (Fsp3) is 0.733. The second-order valence-corrected chi connectivity index (χ2v) is 5.57. The average Bonchev–Trinajstić information content (AvgIpc) is 2.46. The van der Waals surface area contributed by atoms with Gasteiger partial charge in [0.05, 0.1) is 18.0 Å². The molecule has 1 atom stereocenters. The molecule has 1 aliphatic heterocycles. The molecule has 5 nitrogen and oxygen atoms in total. The van der Waals surface area contributed by atoms with Crippen LogP contribution in [0.25, 0.3) is 0 Å². The van der Waals surface area contributed by atoms with Gasteiger partial charge in [-0.05, 0) is 19.8 Å². The Morgan fingerprint density at radius 2 is 2.30 bits per heavy atom. The van der Waals surface area contributed by atoms with Crippen LogP contribution in [0.3, 0.4) is 0 Å². The van der Waals surface area contributed by atoms with Gasteiger partial charge in [-0.2, -0.15) is 0 Å². The number of nitrogens with zero attached hydrogens (tertiary/aromatic N) is 3. The quantitative estimate of drug-likeness (QED) is 0.862. The number of aromatic nitrogens is 2. The Labute approximate surface area is 121 Å². The molecule has 2 heterocycles. The van der Waals surface area contributed by atoms with E-state index in [2.05, 4.69) is 36.0 Å². The maximum atomic E-state index is 5.74. The SMILES string of the molecule is CCOC1CCCN(c2cncc(CNC(C)C)n2)C1. The number of piperidine rings is 1. The van der Waals surface area contributed by atoms with Crippen molar-refractivity contribution in [3.8, 4) is 0 Å². The van der Waals surface area contributed by atoms with Gasteiger partial charge in [-0.3, -0.25) is 4.98 Å². The van der Waals surface area contributed by atoms with E-state index >= 15 is 0 Å². The molecule has 5 heteroatoms. The van der Waals surface area contributed by atoms with Gasteiger partial charge < -0.3 is 15.0 Å². The summed E-state index contributed by atoms with van der Waals surface area (Å²) in [6, 6.07) is 0.456. The molecule has 1 unspecified atom stereocenters. The first-order valence-electron chi connectivity index (χ1n) is 7.60. The minimum Gasteiger partial charge on any atom is -0.377 e. The summed E-state index contributed by atoms with van der Waals surface area (Å²) in [6.45, 7) is 9.83. The van der Waals surface area contributed by atoms with E-state index in [1.54, 1.807) is 0 Å². The third-order valence-electron chi connectivity index (χ3n) is 3.47. The van der Waals surface area contributed by atoms with Crippen molar-refractivity contribution in [3.63, 3.8) is 0 Å². The molecule has 1 saturated heterocycles. The molecule has 0 spiro atoms. The van der Waals surface area contributed by atoms with E-state index in [0.717, 1.165) is 50.6 Å². The summed E-state index contributed by atoms with van der Waals surface area (Å²) < 4.78 is 5.74. The van der Waals surface area contributed by atoms with Crippen LogP contribution >= 0.6 is 0 Å². The van der Waals surface area contributed by atoms with E-state index in [1.165, 1.54) is 0 Å². The second-order valence-electron chi connectivity index (χ2n) is 5.57. The molecule has 0 aromatic carbocycles. The first-order valence-corrected chi connectivity index (χ1v) is 7.60. The third-order valence-corrected chi connectivity index (χ3v) is 3.47. The van der Waals surface area contributed by atoms with Crippen molar-refractivity contribution in [2.24, 2.45) is 0 Å². The molecule has 1 fully saturated rings. The van der Waals surface area contributed by atoms with Crippen molar-refractivity contribution in [2.45, 2.75) is 52.3 Å². The van der Waals surface area contributed by atoms with E-state index < -0.39 is 0 Å². The Hall–Kier alpha value is -1.20. The molecule has 1 aromatic rings. The number of hydrogen-bond acceptors (Lipinski definition) is 5. The Kier molecular flexibility index (Phi) is 5.73. The van der Waals surface area contributed by atoms with E-state index in [9.17, 15) is 0 Å². The topological polar surface area (TPSA) is 50.3 Å². The van der Waals surface area contributed by atoms with Gasteiger partial charge in [-0.15, -0.1) is 0 Å². The van der Waals surface area contributed by atoms with Gasteiger partial charge in [0.2, 0.25) is 0 Å². The van der Waals surface area contributed by atoms with E-state index in [1.807, 2.05) is 12.4 Å². The average molecular weight is 278 g/mol. The minimum atomic E-state index is 0.327.